The van der Waals surface area contributed by atoms with Crippen molar-refractivity contribution in [3.63, 3.8) is 0 Å². The molecule has 154 valence electrons. The summed E-state index contributed by atoms with van der Waals surface area (Å²) in [4.78, 5) is 0. The average Bonchev–Trinajstić information content (AvgIpc) is 3.35. The highest BCUT2D eigenvalue weighted by molar-refractivity contribution is 5.45. The summed E-state index contributed by atoms with van der Waals surface area (Å²) in [6.07, 6.45) is 16.2. The molecule has 0 radical (unpaired) electrons. The van der Waals surface area contributed by atoms with Crippen molar-refractivity contribution < 1.29 is 10.2 Å². The van der Waals surface area contributed by atoms with Crippen molar-refractivity contribution in [1.29, 1.82) is 0 Å². The van der Waals surface area contributed by atoms with E-state index in [0.29, 0.717) is 10.8 Å². The highest BCUT2D eigenvalue weighted by atomic mass is 16.3. The number of rotatable bonds is 13. The summed E-state index contributed by atoms with van der Waals surface area (Å²) in [7, 11) is 0. The van der Waals surface area contributed by atoms with Crippen LogP contribution in [0.25, 0.3) is 0 Å². The van der Waals surface area contributed by atoms with Crippen LogP contribution in [0.15, 0.2) is 12.1 Å². The Morgan fingerprint density at radius 1 is 0.852 bits per heavy atom. The molecule has 0 bridgehead atoms. The molecule has 0 amide bonds. The Morgan fingerprint density at radius 3 is 1.85 bits per heavy atom. The molecule has 0 aliphatic heterocycles. The van der Waals surface area contributed by atoms with Crippen LogP contribution in [0.2, 0.25) is 0 Å². The Hall–Kier alpha value is -1.18. The second-order valence-corrected chi connectivity index (χ2v) is 10.1. The number of benzene rings is 1. The third kappa shape index (κ3) is 7.76. The van der Waals surface area contributed by atoms with Crippen LogP contribution in [0.3, 0.4) is 0 Å². The summed E-state index contributed by atoms with van der Waals surface area (Å²) in [5.41, 5.74) is 3.58. The van der Waals surface area contributed by atoms with Crippen molar-refractivity contribution in [2.24, 2.45) is 10.8 Å². The molecule has 0 heterocycles. The molecule has 1 fully saturated rings. The van der Waals surface area contributed by atoms with Crippen molar-refractivity contribution in [1.82, 2.24) is 0 Å². The van der Waals surface area contributed by atoms with Crippen LogP contribution < -0.4 is 0 Å². The molecular formula is C25H42O2. The van der Waals surface area contributed by atoms with Crippen molar-refractivity contribution in [2.75, 3.05) is 0 Å². The largest absolute Gasteiger partial charge is 0.504 e. The summed E-state index contributed by atoms with van der Waals surface area (Å²) in [5, 5.41) is 19.8. The molecule has 1 aromatic carbocycles. The average molecular weight is 375 g/mol. The number of unbranched alkanes of at least 4 members (excludes halogenated alkanes) is 4. The van der Waals surface area contributed by atoms with Gasteiger partial charge in [-0.25, -0.2) is 0 Å². The fourth-order valence-electron chi connectivity index (χ4n) is 3.91. The first kappa shape index (κ1) is 22.1. The molecular weight excluding hydrogens is 332 g/mol. The van der Waals surface area contributed by atoms with E-state index in [-0.39, 0.29) is 11.5 Å². The van der Waals surface area contributed by atoms with E-state index in [0.717, 1.165) is 19.3 Å². The number of phenolic OH excluding ortho intramolecular Hbond substituents is 2. The highest BCUT2D eigenvalue weighted by Crippen LogP contribution is 2.49. The number of aromatic hydroxyl groups is 2. The predicted molar refractivity (Wildman–Crippen MR) is 116 cm³/mol. The number of aryl methyl sites for hydroxylation is 2. The van der Waals surface area contributed by atoms with E-state index in [9.17, 15) is 10.2 Å². The van der Waals surface area contributed by atoms with Crippen molar-refractivity contribution in [3.05, 3.63) is 23.3 Å². The molecule has 1 aliphatic carbocycles. The minimum absolute atomic E-state index is 0.0301. The van der Waals surface area contributed by atoms with Gasteiger partial charge in [-0.15, -0.1) is 0 Å². The van der Waals surface area contributed by atoms with Crippen LogP contribution in [0.1, 0.15) is 109 Å². The SMILES string of the molecule is CCC(C)(C)CCCCCc1cc(O)c(O)cc1CCCCCC1(C)CC1. The molecule has 2 N–H and O–H groups in total. The van der Waals surface area contributed by atoms with Crippen molar-refractivity contribution in [2.45, 2.75) is 111 Å². The summed E-state index contributed by atoms with van der Waals surface area (Å²) in [5.74, 6) is 0.0615. The highest BCUT2D eigenvalue weighted by Gasteiger charge is 2.35. The van der Waals surface area contributed by atoms with E-state index in [1.54, 1.807) is 12.1 Å². The second-order valence-electron chi connectivity index (χ2n) is 10.1. The Balaban J connectivity index is 1.77. The normalized spacial score (nSPS) is 15.9. The van der Waals surface area contributed by atoms with Gasteiger partial charge in [0.25, 0.3) is 0 Å². The first-order valence-electron chi connectivity index (χ1n) is 11.3. The molecule has 2 nitrogen and oxygen atoms in total. The van der Waals surface area contributed by atoms with Crippen LogP contribution in [0.4, 0.5) is 0 Å². The van der Waals surface area contributed by atoms with Crippen molar-refractivity contribution in [3.8, 4) is 11.5 Å². The molecule has 27 heavy (non-hydrogen) atoms. The summed E-state index contributed by atoms with van der Waals surface area (Å²) in [6, 6.07) is 3.60. The Labute approximate surface area is 167 Å². The molecule has 0 spiro atoms. The Bertz CT molecular complexity index is 584. The lowest BCUT2D eigenvalue weighted by Gasteiger charge is -2.22. The lowest BCUT2D eigenvalue weighted by atomic mass is 9.84. The van der Waals surface area contributed by atoms with E-state index in [1.807, 2.05) is 0 Å². The van der Waals surface area contributed by atoms with Crippen molar-refractivity contribution >= 4 is 0 Å². The molecule has 1 saturated carbocycles. The number of hydrogen-bond donors (Lipinski definition) is 2. The summed E-state index contributed by atoms with van der Waals surface area (Å²) >= 11 is 0. The minimum Gasteiger partial charge on any atom is -0.504 e. The lowest BCUT2D eigenvalue weighted by molar-refractivity contribution is 0.308. The molecule has 2 rings (SSSR count). The summed E-state index contributed by atoms with van der Waals surface area (Å²) < 4.78 is 0. The maximum atomic E-state index is 9.92. The molecule has 2 heteroatoms. The topological polar surface area (TPSA) is 40.5 Å². The zero-order valence-electron chi connectivity index (χ0n) is 18.2. The van der Waals surface area contributed by atoms with Gasteiger partial charge in [-0.05, 0) is 85.5 Å². The zero-order valence-corrected chi connectivity index (χ0v) is 18.2. The van der Waals surface area contributed by atoms with Crippen LogP contribution in [0, 0.1) is 10.8 Å². The molecule has 0 aromatic heterocycles. The third-order valence-corrected chi connectivity index (χ3v) is 6.88. The third-order valence-electron chi connectivity index (χ3n) is 6.88. The standard InChI is InChI=1S/C25H42O2/c1-5-24(2,3)14-10-6-8-12-20-18-22(26)23(27)19-21(20)13-9-7-11-15-25(4)16-17-25/h18-19,26-27H,5-17H2,1-4H3. The van der Waals surface area contributed by atoms with E-state index < -0.39 is 0 Å². The smallest absolute Gasteiger partial charge is 0.157 e. The van der Waals surface area contributed by atoms with Gasteiger partial charge in [0.05, 0.1) is 0 Å². The Morgan fingerprint density at radius 2 is 1.37 bits per heavy atom. The molecule has 0 atom stereocenters. The van der Waals surface area contributed by atoms with Gasteiger partial charge >= 0.3 is 0 Å². The van der Waals surface area contributed by atoms with Crippen LogP contribution in [-0.4, -0.2) is 10.2 Å². The summed E-state index contributed by atoms with van der Waals surface area (Å²) in [6.45, 7) is 9.39. The first-order chi connectivity index (χ1) is 12.7. The Kier molecular flexibility index (Phi) is 8.06. The van der Waals surface area contributed by atoms with Gasteiger partial charge in [0.2, 0.25) is 0 Å². The minimum atomic E-state index is 0.0301. The second kappa shape index (κ2) is 9.85. The zero-order chi connectivity index (χ0) is 19.9. The van der Waals surface area contributed by atoms with Gasteiger partial charge in [-0.3, -0.25) is 0 Å². The van der Waals surface area contributed by atoms with Crippen LogP contribution >= 0.6 is 0 Å². The predicted octanol–water partition coefficient (Wildman–Crippen LogP) is 7.54. The molecule has 0 saturated heterocycles. The van der Waals surface area contributed by atoms with Gasteiger partial charge in [0, 0.05) is 0 Å². The van der Waals surface area contributed by atoms with E-state index in [2.05, 4.69) is 27.7 Å². The van der Waals surface area contributed by atoms with E-state index >= 15 is 0 Å². The maximum absolute atomic E-state index is 9.92. The quantitative estimate of drug-likeness (QED) is 0.276. The fourth-order valence-corrected chi connectivity index (χ4v) is 3.91. The lowest BCUT2D eigenvalue weighted by Crippen LogP contribution is -2.08. The van der Waals surface area contributed by atoms with Gasteiger partial charge < -0.3 is 10.2 Å². The number of phenols is 2. The molecule has 1 aliphatic rings. The van der Waals surface area contributed by atoms with E-state index in [4.69, 9.17) is 0 Å². The molecule has 1 aromatic rings. The molecule has 0 unspecified atom stereocenters. The van der Waals surface area contributed by atoms with Gasteiger partial charge in [0.1, 0.15) is 0 Å². The first-order valence-corrected chi connectivity index (χ1v) is 11.3. The number of hydrogen-bond acceptors (Lipinski definition) is 2. The monoisotopic (exact) mass is 374 g/mol. The van der Waals surface area contributed by atoms with Gasteiger partial charge in [-0.1, -0.05) is 59.8 Å². The van der Waals surface area contributed by atoms with Gasteiger partial charge in [0.15, 0.2) is 11.5 Å². The van der Waals surface area contributed by atoms with Crippen LogP contribution in [0.5, 0.6) is 11.5 Å². The van der Waals surface area contributed by atoms with Gasteiger partial charge in [-0.2, -0.15) is 0 Å². The van der Waals surface area contributed by atoms with Crippen LogP contribution in [-0.2, 0) is 12.8 Å². The maximum Gasteiger partial charge on any atom is 0.157 e. The van der Waals surface area contributed by atoms with E-state index in [1.165, 1.54) is 75.3 Å². The fraction of sp³-hybridized carbons (Fsp3) is 0.760.